The van der Waals surface area contributed by atoms with Crippen molar-refractivity contribution in [2.45, 2.75) is 53.8 Å². The first kappa shape index (κ1) is 14.5. The highest BCUT2D eigenvalue weighted by atomic mass is 16.6. The second-order valence-electron chi connectivity index (χ2n) is 5.76. The Balaban J connectivity index is 2.67. The van der Waals surface area contributed by atoms with Crippen molar-refractivity contribution in [3.63, 3.8) is 0 Å². The van der Waals surface area contributed by atoms with Gasteiger partial charge in [0.05, 0.1) is 12.2 Å². The highest BCUT2D eigenvalue weighted by molar-refractivity contribution is 5.65. The Hall–Kier alpha value is -0.570. The zero-order valence-corrected chi connectivity index (χ0v) is 11.9. The van der Waals surface area contributed by atoms with E-state index in [1.54, 1.807) is 0 Å². The normalized spacial score (nSPS) is 38.2. The molecule has 0 saturated carbocycles. The van der Waals surface area contributed by atoms with E-state index in [-0.39, 0.29) is 18.2 Å². The fourth-order valence-corrected chi connectivity index (χ4v) is 2.72. The number of ether oxygens (including phenoxy) is 2. The van der Waals surface area contributed by atoms with E-state index in [0.29, 0.717) is 30.3 Å². The molecule has 1 aliphatic rings. The van der Waals surface area contributed by atoms with Gasteiger partial charge in [-0.2, -0.15) is 0 Å². The highest BCUT2D eigenvalue weighted by Crippen LogP contribution is 2.37. The van der Waals surface area contributed by atoms with Crippen LogP contribution in [0.1, 0.15) is 41.5 Å². The van der Waals surface area contributed by atoms with Crippen LogP contribution in [0.5, 0.6) is 0 Å². The molecule has 17 heavy (non-hydrogen) atoms. The fraction of sp³-hybridized carbons (Fsp3) is 0.929. The molecule has 100 valence electrons. The highest BCUT2D eigenvalue weighted by Gasteiger charge is 2.40. The molecule has 1 aliphatic heterocycles. The number of carbonyl (C=O) groups excluding carboxylic acids is 1. The van der Waals surface area contributed by atoms with Gasteiger partial charge in [0.25, 0.3) is 0 Å². The van der Waals surface area contributed by atoms with Crippen molar-refractivity contribution in [3.8, 4) is 0 Å². The number of esters is 1. The van der Waals surface area contributed by atoms with E-state index in [1.165, 1.54) is 6.92 Å². The van der Waals surface area contributed by atoms with Gasteiger partial charge in [-0.05, 0) is 23.7 Å². The summed E-state index contributed by atoms with van der Waals surface area (Å²) < 4.78 is 11.2. The smallest absolute Gasteiger partial charge is 0.302 e. The first-order valence-corrected chi connectivity index (χ1v) is 6.63. The Labute approximate surface area is 105 Å². The maximum atomic E-state index is 10.9. The Morgan fingerprint density at radius 2 is 1.76 bits per heavy atom. The minimum Gasteiger partial charge on any atom is -0.463 e. The minimum absolute atomic E-state index is 0.0394. The molecule has 0 bridgehead atoms. The van der Waals surface area contributed by atoms with Crippen LogP contribution in [-0.2, 0) is 14.3 Å². The van der Waals surface area contributed by atoms with Crippen molar-refractivity contribution < 1.29 is 14.3 Å². The van der Waals surface area contributed by atoms with Gasteiger partial charge >= 0.3 is 5.97 Å². The minimum atomic E-state index is -0.229. The number of carbonyl (C=O) groups is 1. The van der Waals surface area contributed by atoms with E-state index in [0.717, 1.165) is 0 Å². The zero-order valence-electron chi connectivity index (χ0n) is 11.9. The largest absolute Gasteiger partial charge is 0.463 e. The first-order chi connectivity index (χ1) is 7.84. The monoisotopic (exact) mass is 242 g/mol. The molecule has 0 N–H and O–H groups in total. The van der Waals surface area contributed by atoms with E-state index in [2.05, 4.69) is 34.6 Å². The summed E-state index contributed by atoms with van der Waals surface area (Å²) in [5.74, 6) is 1.85. The summed E-state index contributed by atoms with van der Waals surface area (Å²) in [5, 5.41) is 0. The van der Waals surface area contributed by atoms with Crippen LogP contribution in [0.15, 0.2) is 0 Å². The summed E-state index contributed by atoms with van der Waals surface area (Å²) in [4.78, 5) is 10.9. The van der Waals surface area contributed by atoms with Crippen LogP contribution >= 0.6 is 0 Å². The third-order valence-electron chi connectivity index (χ3n) is 4.20. The van der Waals surface area contributed by atoms with Gasteiger partial charge in [0.15, 0.2) is 0 Å². The lowest BCUT2D eigenvalue weighted by Crippen LogP contribution is -2.48. The first-order valence-electron chi connectivity index (χ1n) is 6.63. The fourth-order valence-electron chi connectivity index (χ4n) is 2.72. The molecular weight excluding hydrogens is 216 g/mol. The summed E-state index contributed by atoms with van der Waals surface area (Å²) in [5.41, 5.74) is 0. The summed E-state index contributed by atoms with van der Waals surface area (Å²) in [6.45, 7) is 12.9. The molecular formula is C14H26O3. The Bertz CT molecular complexity index is 262. The zero-order chi connectivity index (χ0) is 13.2. The molecule has 0 aromatic rings. The average molecular weight is 242 g/mol. The molecule has 0 radical (unpaired) electrons. The summed E-state index contributed by atoms with van der Waals surface area (Å²) in [7, 11) is 0. The molecule has 3 nitrogen and oxygen atoms in total. The Morgan fingerprint density at radius 1 is 1.18 bits per heavy atom. The predicted octanol–water partition coefficient (Wildman–Crippen LogP) is 2.88. The molecule has 2 unspecified atom stereocenters. The lowest BCUT2D eigenvalue weighted by Gasteiger charge is -2.45. The maximum absolute atomic E-state index is 10.9. The van der Waals surface area contributed by atoms with Crippen LogP contribution in [0.3, 0.4) is 0 Å². The van der Waals surface area contributed by atoms with Gasteiger partial charge in [0, 0.05) is 6.92 Å². The van der Waals surface area contributed by atoms with Crippen molar-refractivity contribution in [2.24, 2.45) is 23.7 Å². The van der Waals surface area contributed by atoms with Crippen molar-refractivity contribution in [1.29, 1.82) is 0 Å². The van der Waals surface area contributed by atoms with Crippen molar-refractivity contribution in [1.82, 2.24) is 0 Å². The number of hydrogen-bond donors (Lipinski definition) is 0. The standard InChI is InChI=1S/C14H26O3/c1-8(2)14-11(5)9(3)10(4)13(17-14)7-16-12(6)15/h8-11,13-14H,7H2,1-6H3/t9-,10?,11+,13+,14?/m0/s1. The molecule has 0 aliphatic carbocycles. The summed E-state index contributed by atoms with van der Waals surface area (Å²) in [6, 6.07) is 0. The topological polar surface area (TPSA) is 35.5 Å². The molecule has 0 aromatic heterocycles. The van der Waals surface area contributed by atoms with Crippen LogP contribution in [-0.4, -0.2) is 24.8 Å². The number of rotatable bonds is 3. The molecule has 1 heterocycles. The van der Waals surface area contributed by atoms with Crippen molar-refractivity contribution in [2.75, 3.05) is 6.61 Å². The van der Waals surface area contributed by atoms with E-state index in [1.807, 2.05) is 0 Å². The van der Waals surface area contributed by atoms with Gasteiger partial charge in [0.1, 0.15) is 6.61 Å². The van der Waals surface area contributed by atoms with Crippen LogP contribution in [0.4, 0.5) is 0 Å². The van der Waals surface area contributed by atoms with Crippen LogP contribution in [0.25, 0.3) is 0 Å². The molecule has 5 atom stereocenters. The summed E-state index contributed by atoms with van der Waals surface area (Å²) >= 11 is 0. The van der Waals surface area contributed by atoms with E-state index in [4.69, 9.17) is 9.47 Å². The summed E-state index contributed by atoms with van der Waals surface area (Å²) in [6.07, 6.45) is 0.305. The van der Waals surface area contributed by atoms with Gasteiger partial charge in [-0.25, -0.2) is 0 Å². The SMILES string of the molecule is CC(=O)OC[C@H]1OC(C(C)C)[C@H](C)[C@@H](C)C1C. The third kappa shape index (κ3) is 3.44. The third-order valence-corrected chi connectivity index (χ3v) is 4.20. The maximum Gasteiger partial charge on any atom is 0.302 e. The van der Waals surface area contributed by atoms with Crippen LogP contribution in [0.2, 0.25) is 0 Å². The van der Waals surface area contributed by atoms with Crippen LogP contribution in [0, 0.1) is 23.7 Å². The Kier molecular flexibility index (Phi) is 4.99. The van der Waals surface area contributed by atoms with Gasteiger partial charge in [0.2, 0.25) is 0 Å². The predicted molar refractivity (Wildman–Crippen MR) is 67.6 cm³/mol. The molecule has 1 rings (SSSR count). The molecule has 1 saturated heterocycles. The molecule has 0 amide bonds. The van der Waals surface area contributed by atoms with E-state index < -0.39 is 0 Å². The van der Waals surface area contributed by atoms with Gasteiger partial charge in [-0.1, -0.05) is 34.6 Å². The van der Waals surface area contributed by atoms with Crippen molar-refractivity contribution in [3.05, 3.63) is 0 Å². The van der Waals surface area contributed by atoms with Gasteiger partial charge < -0.3 is 9.47 Å². The molecule has 1 fully saturated rings. The van der Waals surface area contributed by atoms with Gasteiger partial charge in [-0.15, -0.1) is 0 Å². The average Bonchev–Trinajstić information content (AvgIpc) is 2.24. The van der Waals surface area contributed by atoms with Gasteiger partial charge in [-0.3, -0.25) is 4.79 Å². The second kappa shape index (κ2) is 5.85. The number of hydrogen-bond acceptors (Lipinski definition) is 3. The second-order valence-corrected chi connectivity index (χ2v) is 5.76. The molecule has 0 spiro atoms. The van der Waals surface area contributed by atoms with E-state index in [9.17, 15) is 4.79 Å². The lowest BCUT2D eigenvalue weighted by molar-refractivity contribution is -0.176. The van der Waals surface area contributed by atoms with E-state index >= 15 is 0 Å². The Morgan fingerprint density at radius 3 is 2.24 bits per heavy atom. The van der Waals surface area contributed by atoms with Crippen LogP contribution < -0.4 is 0 Å². The molecule has 0 aromatic carbocycles. The lowest BCUT2D eigenvalue weighted by atomic mass is 9.74. The quantitative estimate of drug-likeness (QED) is 0.714. The molecule has 3 heteroatoms. The van der Waals surface area contributed by atoms with Crippen molar-refractivity contribution >= 4 is 5.97 Å².